The SMILES string of the molecule is COC(C)(C)CCSc1ccc(O)c2ccccc12. The van der Waals surface area contributed by atoms with E-state index in [0.29, 0.717) is 5.75 Å². The van der Waals surface area contributed by atoms with E-state index in [1.165, 1.54) is 4.90 Å². The van der Waals surface area contributed by atoms with Gasteiger partial charge in [-0.25, -0.2) is 0 Å². The second kappa shape index (κ2) is 5.85. The summed E-state index contributed by atoms with van der Waals surface area (Å²) in [6, 6.07) is 11.7. The molecule has 0 spiro atoms. The number of aromatic hydroxyl groups is 1. The first kappa shape index (κ1) is 14.2. The lowest BCUT2D eigenvalue weighted by Crippen LogP contribution is -2.22. The van der Waals surface area contributed by atoms with Crippen molar-refractivity contribution in [3.8, 4) is 5.75 Å². The molecule has 102 valence electrons. The highest BCUT2D eigenvalue weighted by Crippen LogP contribution is 2.34. The topological polar surface area (TPSA) is 29.5 Å². The average molecular weight is 276 g/mol. The van der Waals surface area contributed by atoms with Crippen molar-refractivity contribution in [2.24, 2.45) is 0 Å². The summed E-state index contributed by atoms with van der Waals surface area (Å²) in [4.78, 5) is 1.21. The average Bonchev–Trinajstić information content (AvgIpc) is 2.42. The second-order valence-electron chi connectivity index (χ2n) is 5.19. The van der Waals surface area contributed by atoms with Crippen molar-refractivity contribution in [2.75, 3.05) is 12.9 Å². The van der Waals surface area contributed by atoms with Crippen LogP contribution in [0.1, 0.15) is 20.3 Å². The Morgan fingerprint density at radius 1 is 1.11 bits per heavy atom. The highest BCUT2D eigenvalue weighted by Gasteiger charge is 2.16. The molecule has 3 heteroatoms. The van der Waals surface area contributed by atoms with Crippen LogP contribution in [0.5, 0.6) is 5.75 Å². The Balaban J connectivity index is 2.16. The number of benzene rings is 2. The van der Waals surface area contributed by atoms with Gasteiger partial charge in [-0.05, 0) is 37.8 Å². The third kappa shape index (κ3) is 3.43. The normalized spacial score (nSPS) is 11.9. The molecule has 0 unspecified atom stereocenters. The molecule has 0 bridgehead atoms. The molecule has 2 nitrogen and oxygen atoms in total. The first-order chi connectivity index (χ1) is 9.03. The standard InChI is InChI=1S/C16H20O2S/c1-16(2,18-3)10-11-19-15-9-8-14(17)12-6-4-5-7-13(12)15/h4-9,17H,10-11H2,1-3H3. The summed E-state index contributed by atoms with van der Waals surface area (Å²) in [5, 5.41) is 11.9. The van der Waals surface area contributed by atoms with Gasteiger partial charge in [0.05, 0.1) is 5.60 Å². The lowest BCUT2D eigenvalue weighted by Gasteiger charge is -2.22. The molecule has 2 rings (SSSR count). The van der Waals surface area contributed by atoms with E-state index in [9.17, 15) is 5.11 Å². The van der Waals surface area contributed by atoms with Crippen LogP contribution in [-0.2, 0) is 4.74 Å². The number of hydrogen-bond acceptors (Lipinski definition) is 3. The van der Waals surface area contributed by atoms with E-state index in [0.717, 1.165) is 22.9 Å². The van der Waals surface area contributed by atoms with Crippen LogP contribution in [0.3, 0.4) is 0 Å². The fourth-order valence-electron chi connectivity index (χ4n) is 1.89. The van der Waals surface area contributed by atoms with Crippen LogP contribution in [0.15, 0.2) is 41.3 Å². The van der Waals surface area contributed by atoms with Crippen molar-refractivity contribution in [3.05, 3.63) is 36.4 Å². The number of phenolic OH excluding ortho intramolecular Hbond substituents is 1. The van der Waals surface area contributed by atoms with Crippen LogP contribution < -0.4 is 0 Å². The largest absolute Gasteiger partial charge is 0.507 e. The van der Waals surface area contributed by atoms with Crippen LogP contribution in [0, 0.1) is 0 Å². The Labute approximate surface area is 118 Å². The summed E-state index contributed by atoms with van der Waals surface area (Å²) in [6.45, 7) is 4.20. The predicted octanol–water partition coefficient (Wildman–Crippen LogP) is 4.45. The first-order valence-electron chi connectivity index (χ1n) is 6.42. The van der Waals surface area contributed by atoms with Gasteiger partial charge in [-0.1, -0.05) is 24.3 Å². The van der Waals surface area contributed by atoms with Crippen molar-refractivity contribution >= 4 is 22.5 Å². The summed E-state index contributed by atoms with van der Waals surface area (Å²) in [5.41, 5.74) is -0.0836. The monoisotopic (exact) mass is 276 g/mol. The molecule has 0 amide bonds. The summed E-state index contributed by atoms with van der Waals surface area (Å²) in [7, 11) is 1.75. The molecule has 0 aromatic heterocycles. The van der Waals surface area contributed by atoms with Crippen LogP contribution in [0.4, 0.5) is 0 Å². The molecule has 1 N–H and O–H groups in total. The summed E-state index contributed by atoms with van der Waals surface area (Å²) >= 11 is 1.81. The van der Waals surface area contributed by atoms with Crippen molar-refractivity contribution < 1.29 is 9.84 Å². The molecule has 0 radical (unpaired) electrons. The van der Waals surface area contributed by atoms with E-state index in [1.807, 2.05) is 36.0 Å². The van der Waals surface area contributed by atoms with Gasteiger partial charge in [0.15, 0.2) is 0 Å². The van der Waals surface area contributed by atoms with E-state index in [4.69, 9.17) is 4.74 Å². The Hall–Kier alpha value is -1.19. The fourth-order valence-corrected chi connectivity index (χ4v) is 3.20. The van der Waals surface area contributed by atoms with Gasteiger partial charge < -0.3 is 9.84 Å². The quantitative estimate of drug-likeness (QED) is 0.818. The molecular weight excluding hydrogens is 256 g/mol. The van der Waals surface area contributed by atoms with Crippen molar-refractivity contribution in [2.45, 2.75) is 30.8 Å². The lowest BCUT2D eigenvalue weighted by atomic mass is 10.1. The maximum atomic E-state index is 9.86. The molecule has 0 aliphatic rings. The zero-order chi connectivity index (χ0) is 13.9. The van der Waals surface area contributed by atoms with Gasteiger partial charge in [0.1, 0.15) is 5.75 Å². The maximum Gasteiger partial charge on any atom is 0.123 e. The Morgan fingerprint density at radius 2 is 1.79 bits per heavy atom. The number of rotatable bonds is 5. The van der Waals surface area contributed by atoms with Gasteiger partial charge in [0.25, 0.3) is 0 Å². The minimum atomic E-state index is -0.0836. The van der Waals surface area contributed by atoms with Gasteiger partial charge >= 0.3 is 0 Å². The highest BCUT2D eigenvalue weighted by atomic mass is 32.2. The summed E-state index contributed by atoms with van der Waals surface area (Å²) < 4.78 is 5.43. The van der Waals surface area contributed by atoms with Gasteiger partial charge in [0.2, 0.25) is 0 Å². The molecule has 0 saturated carbocycles. The van der Waals surface area contributed by atoms with Crippen LogP contribution >= 0.6 is 11.8 Å². The Morgan fingerprint density at radius 3 is 2.47 bits per heavy atom. The number of fused-ring (bicyclic) bond motifs is 1. The summed E-state index contributed by atoms with van der Waals surface area (Å²) in [6.07, 6.45) is 0.989. The van der Waals surface area contributed by atoms with Crippen molar-refractivity contribution in [1.29, 1.82) is 0 Å². The van der Waals surface area contributed by atoms with Gasteiger partial charge in [-0.3, -0.25) is 0 Å². The molecule has 0 fully saturated rings. The number of ether oxygens (including phenoxy) is 1. The third-order valence-corrected chi connectivity index (χ3v) is 4.45. The number of hydrogen-bond donors (Lipinski definition) is 1. The lowest BCUT2D eigenvalue weighted by molar-refractivity contribution is 0.0207. The minimum absolute atomic E-state index is 0.0836. The zero-order valence-corrected chi connectivity index (χ0v) is 12.5. The van der Waals surface area contributed by atoms with Crippen LogP contribution in [0.2, 0.25) is 0 Å². The van der Waals surface area contributed by atoms with Crippen molar-refractivity contribution in [1.82, 2.24) is 0 Å². The smallest absolute Gasteiger partial charge is 0.123 e. The second-order valence-corrected chi connectivity index (χ2v) is 6.33. The molecule has 2 aromatic carbocycles. The van der Waals surface area contributed by atoms with Crippen molar-refractivity contribution in [3.63, 3.8) is 0 Å². The molecular formula is C16H20O2S. The zero-order valence-electron chi connectivity index (χ0n) is 11.6. The molecule has 0 aliphatic carbocycles. The van der Waals surface area contributed by atoms with E-state index in [-0.39, 0.29) is 5.60 Å². The molecule has 0 saturated heterocycles. The van der Waals surface area contributed by atoms with Gasteiger partial charge in [-0.2, -0.15) is 0 Å². The Kier molecular flexibility index (Phi) is 4.38. The number of thioether (sulfide) groups is 1. The molecule has 0 atom stereocenters. The van der Waals surface area contributed by atoms with E-state index >= 15 is 0 Å². The van der Waals surface area contributed by atoms with E-state index in [2.05, 4.69) is 19.9 Å². The summed E-state index contributed by atoms with van der Waals surface area (Å²) in [5.74, 6) is 1.34. The van der Waals surface area contributed by atoms with Gasteiger partial charge in [0, 0.05) is 23.1 Å². The maximum absolute atomic E-state index is 9.86. The van der Waals surface area contributed by atoms with E-state index in [1.54, 1.807) is 13.2 Å². The van der Waals surface area contributed by atoms with Crippen LogP contribution in [-0.4, -0.2) is 23.6 Å². The minimum Gasteiger partial charge on any atom is -0.507 e. The molecule has 2 aromatic rings. The highest BCUT2D eigenvalue weighted by molar-refractivity contribution is 7.99. The first-order valence-corrected chi connectivity index (χ1v) is 7.41. The predicted molar refractivity (Wildman–Crippen MR) is 82.0 cm³/mol. The molecule has 19 heavy (non-hydrogen) atoms. The Bertz CT molecular complexity index is 564. The van der Waals surface area contributed by atoms with Crippen LogP contribution in [0.25, 0.3) is 10.8 Å². The molecule has 0 heterocycles. The molecule has 0 aliphatic heterocycles. The number of phenols is 1. The third-order valence-electron chi connectivity index (χ3n) is 3.38. The van der Waals surface area contributed by atoms with Gasteiger partial charge in [-0.15, -0.1) is 11.8 Å². The van der Waals surface area contributed by atoms with E-state index < -0.39 is 0 Å². The fraction of sp³-hybridized carbons (Fsp3) is 0.375. The number of methoxy groups -OCH3 is 1.